The van der Waals surface area contributed by atoms with Crippen LogP contribution in [0.15, 0.2) is 11.6 Å². The molecule has 5 aliphatic carbocycles. The molecule has 0 heterocycles. The average molecular weight is 455 g/mol. The molecule has 5 aliphatic rings. The molecule has 8 atom stereocenters. The van der Waals surface area contributed by atoms with E-state index >= 15 is 0 Å². The summed E-state index contributed by atoms with van der Waals surface area (Å²) in [4.78, 5) is 12.9. The highest BCUT2D eigenvalue weighted by Crippen LogP contribution is 2.76. The summed E-state index contributed by atoms with van der Waals surface area (Å²) in [6.07, 6.45) is 13.0. The Bertz CT molecular complexity index is 881. The topological polar surface area (TPSA) is 37.3 Å². The van der Waals surface area contributed by atoms with Gasteiger partial charge < -0.3 is 5.11 Å². The van der Waals surface area contributed by atoms with Crippen molar-refractivity contribution < 1.29 is 9.90 Å². The molecule has 0 saturated heterocycles. The first kappa shape index (κ1) is 24.1. The van der Waals surface area contributed by atoms with Gasteiger partial charge in [-0.15, -0.1) is 0 Å². The van der Waals surface area contributed by atoms with Crippen LogP contribution in [-0.4, -0.2) is 17.5 Å². The quantitative estimate of drug-likeness (QED) is 0.414. The van der Waals surface area contributed by atoms with Crippen LogP contribution in [-0.2, 0) is 4.79 Å². The molecule has 4 saturated carbocycles. The molecule has 8 unspecified atom stereocenters. The van der Waals surface area contributed by atoms with Gasteiger partial charge in [-0.25, -0.2) is 0 Å². The number of carbonyl (C=O) groups is 1. The number of aliphatic hydroxyl groups is 1. The Morgan fingerprint density at radius 1 is 0.939 bits per heavy atom. The van der Waals surface area contributed by atoms with Gasteiger partial charge in [0.15, 0.2) is 0 Å². The second kappa shape index (κ2) is 6.98. The summed E-state index contributed by atoms with van der Waals surface area (Å²) < 4.78 is 0. The lowest BCUT2D eigenvalue weighted by atomic mass is 9.32. The second-order valence-electron chi connectivity index (χ2n) is 15.4. The molecule has 0 bridgehead atoms. The summed E-state index contributed by atoms with van der Waals surface area (Å²) in [6, 6.07) is 0. The molecule has 2 nitrogen and oxygen atoms in total. The van der Waals surface area contributed by atoms with Crippen molar-refractivity contribution in [2.24, 2.45) is 56.2 Å². The van der Waals surface area contributed by atoms with E-state index in [2.05, 4.69) is 61.5 Å². The van der Waals surface area contributed by atoms with Gasteiger partial charge >= 0.3 is 0 Å². The number of allylic oxidation sites excluding steroid dienone is 2. The minimum Gasteiger partial charge on any atom is -0.396 e. The van der Waals surface area contributed by atoms with Gasteiger partial charge in [0, 0.05) is 23.9 Å². The van der Waals surface area contributed by atoms with Crippen LogP contribution >= 0.6 is 0 Å². The zero-order chi connectivity index (χ0) is 24.2. The van der Waals surface area contributed by atoms with Gasteiger partial charge in [0.2, 0.25) is 0 Å². The minimum atomic E-state index is -0.182. The average Bonchev–Trinajstić information content (AvgIpc) is 2.71. The number of carbonyl (C=O) groups excluding carboxylic acids is 1. The van der Waals surface area contributed by atoms with Crippen molar-refractivity contribution in [3.63, 3.8) is 0 Å². The number of rotatable bonds is 1. The third-order valence-corrected chi connectivity index (χ3v) is 13.3. The minimum absolute atomic E-state index is 0.0738. The van der Waals surface area contributed by atoms with Gasteiger partial charge in [0.05, 0.1) is 0 Å². The summed E-state index contributed by atoms with van der Waals surface area (Å²) in [5.74, 6) is 2.73. The van der Waals surface area contributed by atoms with E-state index in [4.69, 9.17) is 0 Å². The second-order valence-corrected chi connectivity index (χ2v) is 15.4. The highest BCUT2D eigenvalue weighted by Gasteiger charge is 2.69. The third-order valence-electron chi connectivity index (χ3n) is 13.3. The van der Waals surface area contributed by atoms with Crippen LogP contribution in [0.1, 0.15) is 113 Å². The molecule has 0 amide bonds. The van der Waals surface area contributed by atoms with E-state index in [1.165, 1.54) is 44.9 Å². The maximum absolute atomic E-state index is 12.9. The van der Waals surface area contributed by atoms with Crippen LogP contribution in [0.3, 0.4) is 0 Å². The third kappa shape index (κ3) is 2.85. The van der Waals surface area contributed by atoms with E-state index in [0.29, 0.717) is 41.5 Å². The summed E-state index contributed by atoms with van der Waals surface area (Å²) in [5, 5.41) is 10.8. The molecule has 0 aromatic rings. The molecule has 4 fully saturated rings. The normalized spacial score (nSPS) is 52.6. The smallest absolute Gasteiger partial charge is 0.138 e. The fourth-order valence-electron chi connectivity index (χ4n) is 11.0. The summed E-state index contributed by atoms with van der Waals surface area (Å²) >= 11 is 0. The van der Waals surface area contributed by atoms with Crippen LogP contribution in [0.5, 0.6) is 0 Å². The van der Waals surface area contributed by atoms with E-state index in [1.54, 1.807) is 5.57 Å². The van der Waals surface area contributed by atoms with Crippen LogP contribution < -0.4 is 0 Å². The molecule has 2 heteroatoms. The predicted octanol–water partition coefficient (Wildman–Crippen LogP) is 7.60. The Morgan fingerprint density at radius 2 is 1.64 bits per heavy atom. The number of Topliss-reactive ketones (excluding diaryl/α,β-unsaturated/α-hetero) is 1. The van der Waals surface area contributed by atoms with Gasteiger partial charge in [-0.1, -0.05) is 67.0 Å². The Hall–Kier alpha value is -0.630. The molecular weight excluding hydrogens is 404 g/mol. The van der Waals surface area contributed by atoms with E-state index in [1.807, 2.05) is 0 Å². The van der Waals surface area contributed by atoms with Crippen molar-refractivity contribution in [2.45, 2.75) is 113 Å². The van der Waals surface area contributed by atoms with E-state index < -0.39 is 0 Å². The number of fused-ring (bicyclic) bond motifs is 7. The van der Waals surface area contributed by atoms with Crippen molar-refractivity contribution in [1.82, 2.24) is 0 Å². The molecule has 0 radical (unpaired) electrons. The molecule has 0 aromatic carbocycles. The fourth-order valence-corrected chi connectivity index (χ4v) is 11.0. The number of aliphatic hydroxyl groups excluding tert-OH is 1. The Morgan fingerprint density at radius 3 is 2.30 bits per heavy atom. The molecule has 0 aliphatic heterocycles. The fraction of sp³-hybridized carbons (Fsp3) is 0.903. The van der Waals surface area contributed by atoms with Crippen LogP contribution in [0.2, 0.25) is 0 Å². The van der Waals surface area contributed by atoms with Crippen molar-refractivity contribution in [3.05, 3.63) is 11.6 Å². The first-order valence-electron chi connectivity index (χ1n) is 14.0. The van der Waals surface area contributed by atoms with E-state index in [0.717, 1.165) is 12.8 Å². The molecule has 1 N–H and O–H groups in total. The molecule has 33 heavy (non-hydrogen) atoms. The maximum Gasteiger partial charge on any atom is 0.138 e. The molecule has 5 rings (SSSR count). The van der Waals surface area contributed by atoms with Gasteiger partial charge in [0.1, 0.15) is 5.78 Å². The van der Waals surface area contributed by atoms with Gasteiger partial charge in [-0.3, -0.25) is 4.79 Å². The van der Waals surface area contributed by atoms with Gasteiger partial charge in [-0.05, 0) is 96.7 Å². The zero-order valence-corrected chi connectivity index (χ0v) is 22.8. The summed E-state index contributed by atoms with van der Waals surface area (Å²) in [6.45, 7) is 20.0. The molecule has 0 spiro atoms. The largest absolute Gasteiger partial charge is 0.396 e. The Labute approximate surface area is 203 Å². The molecule has 0 aromatic heterocycles. The lowest BCUT2D eigenvalue weighted by Gasteiger charge is -2.71. The van der Waals surface area contributed by atoms with Crippen molar-refractivity contribution in [3.8, 4) is 0 Å². The molecule has 186 valence electrons. The number of ketones is 1. The predicted molar refractivity (Wildman–Crippen MR) is 136 cm³/mol. The lowest BCUT2D eigenvalue weighted by Crippen LogP contribution is -2.65. The first-order valence-corrected chi connectivity index (χ1v) is 14.0. The number of hydrogen-bond donors (Lipinski definition) is 1. The van der Waals surface area contributed by atoms with Crippen LogP contribution in [0.25, 0.3) is 0 Å². The summed E-state index contributed by atoms with van der Waals surface area (Å²) in [5.41, 5.74) is 2.69. The van der Waals surface area contributed by atoms with Gasteiger partial charge in [-0.2, -0.15) is 0 Å². The lowest BCUT2D eigenvalue weighted by molar-refractivity contribution is -0.193. The zero-order valence-electron chi connectivity index (χ0n) is 22.8. The number of hydrogen-bond acceptors (Lipinski definition) is 2. The van der Waals surface area contributed by atoms with E-state index in [-0.39, 0.29) is 27.1 Å². The van der Waals surface area contributed by atoms with E-state index in [9.17, 15) is 9.90 Å². The highest BCUT2D eigenvalue weighted by molar-refractivity contribution is 5.85. The van der Waals surface area contributed by atoms with Crippen molar-refractivity contribution in [1.29, 1.82) is 0 Å². The monoisotopic (exact) mass is 454 g/mol. The van der Waals surface area contributed by atoms with Crippen LogP contribution in [0, 0.1) is 56.2 Å². The maximum atomic E-state index is 12.9. The SMILES string of the molecule is CC1CC2(C)C(=CCC3C4(C)CCC(=O)C(C)(C)C4CCC32C)C2CC(C)(C)CCC12CO. The van der Waals surface area contributed by atoms with Crippen LogP contribution in [0.4, 0.5) is 0 Å². The standard InChI is InChI=1S/C31H50O2/c1-20-17-30(8)21(22-18-26(2,3)15-16-31(20,22)19-32)9-10-24-28(6)13-12-25(33)27(4,5)23(28)11-14-29(24,30)7/h9,20,22-24,32H,10-19H2,1-8H3. The first-order chi connectivity index (χ1) is 15.2. The van der Waals surface area contributed by atoms with Crippen molar-refractivity contribution >= 4 is 5.78 Å². The van der Waals surface area contributed by atoms with Gasteiger partial charge in [0.25, 0.3) is 0 Å². The Balaban J connectivity index is 1.62. The Kier molecular flexibility index (Phi) is 5.10. The molecular formula is C31H50O2. The van der Waals surface area contributed by atoms with Crippen molar-refractivity contribution in [2.75, 3.05) is 6.61 Å². The summed E-state index contributed by atoms with van der Waals surface area (Å²) in [7, 11) is 0. The highest BCUT2D eigenvalue weighted by atomic mass is 16.3.